The van der Waals surface area contributed by atoms with Gasteiger partial charge in [0.15, 0.2) is 9.84 Å². The van der Waals surface area contributed by atoms with Crippen LogP contribution in [0.1, 0.15) is 39.3 Å². The summed E-state index contributed by atoms with van der Waals surface area (Å²) < 4.78 is 76.7. The Morgan fingerprint density at radius 2 is 1.80 bits per heavy atom. The molecule has 250 valence electrons. The molecular formula is C33H41F3N4O5S. The number of methoxy groups -OCH3 is 1. The van der Waals surface area contributed by atoms with Crippen molar-refractivity contribution in [3.8, 4) is 17.6 Å². The van der Waals surface area contributed by atoms with Crippen molar-refractivity contribution in [1.82, 2.24) is 9.47 Å². The first-order valence-corrected chi connectivity index (χ1v) is 17.0. The number of piperidine rings is 1. The van der Waals surface area contributed by atoms with E-state index < -0.39 is 22.6 Å². The molecule has 0 aliphatic carbocycles. The smallest absolute Gasteiger partial charge is 0.406 e. The second kappa shape index (κ2) is 14.7. The molecule has 0 radical (unpaired) electrons. The predicted octanol–water partition coefficient (Wildman–Crippen LogP) is 5.54. The van der Waals surface area contributed by atoms with Gasteiger partial charge in [0.1, 0.15) is 18.4 Å². The monoisotopic (exact) mass is 662 g/mol. The van der Waals surface area contributed by atoms with Crippen LogP contribution in [0.15, 0.2) is 47.4 Å². The maximum atomic E-state index is 13.7. The van der Waals surface area contributed by atoms with Gasteiger partial charge >= 0.3 is 12.1 Å². The van der Waals surface area contributed by atoms with Gasteiger partial charge < -0.3 is 24.7 Å². The zero-order chi connectivity index (χ0) is 33.6. The number of alkyl halides is 3. The lowest BCUT2D eigenvalue weighted by Crippen LogP contribution is -2.43. The fourth-order valence-electron chi connectivity index (χ4n) is 5.40. The number of ether oxygens (including phenoxy) is 2. The molecule has 1 saturated heterocycles. The lowest BCUT2D eigenvalue weighted by molar-refractivity contribution is -0.153. The molecule has 46 heavy (non-hydrogen) atoms. The molecule has 9 nitrogen and oxygen atoms in total. The first-order valence-electron chi connectivity index (χ1n) is 15.1. The first kappa shape index (κ1) is 35.0. The molecule has 0 spiro atoms. The average molecular weight is 663 g/mol. The summed E-state index contributed by atoms with van der Waals surface area (Å²) in [6.45, 7) is 6.66. The van der Waals surface area contributed by atoms with Gasteiger partial charge in [-0.2, -0.15) is 13.2 Å². The number of fused-ring (bicyclic) bond motifs is 1. The number of esters is 1. The number of aromatic nitrogens is 1. The second-order valence-electron chi connectivity index (χ2n) is 11.9. The van der Waals surface area contributed by atoms with Gasteiger partial charge in [0.05, 0.1) is 41.4 Å². The maximum Gasteiger partial charge on any atom is 0.406 e. The van der Waals surface area contributed by atoms with Gasteiger partial charge in [-0.1, -0.05) is 25.8 Å². The van der Waals surface area contributed by atoms with Crippen molar-refractivity contribution in [3.05, 3.63) is 48.2 Å². The number of rotatable bonds is 11. The number of nitrogens with one attached hydrogen (secondary N) is 2. The van der Waals surface area contributed by atoms with Crippen molar-refractivity contribution in [2.24, 2.45) is 5.92 Å². The molecule has 1 aliphatic rings. The Morgan fingerprint density at radius 3 is 2.43 bits per heavy atom. The van der Waals surface area contributed by atoms with Crippen molar-refractivity contribution < 1.29 is 35.9 Å². The van der Waals surface area contributed by atoms with Gasteiger partial charge in [0.25, 0.3) is 0 Å². The molecule has 0 amide bonds. The third-order valence-corrected chi connectivity index (χ3v) is 8.83. The SMILES string of the molecule is COc1cc(S(C)(=O)=O)ccc1NCC#Cc1cc2c(NC3CCN(C[C@@H](C)OC(=O)C(C)C)CC3)cccc2n1CC(F)(F)F. The number of likely N-dealkylation sites (tertiary alicyclic amines) is 1. The highest BCUT2D eigenvalue weighted by Crippen LogP contribution is 2.32. The van der Waals surface area contributed by atoms with Crippen molar-refractivity contribution in [2.45, 2.75) is 63.4 Å². The lowest BCUT2D eigenvalue weighted by Gasteiger charge is -2.34. The number of carbonyl (C=O) groups excluding carboxylic acids is 1. The molecule has 2 heterocycles. The topological polar surface area (TPSA) is 102 Å². The Kier molecular flexibility index (Phi) is 11.2. The molecule has 0 bridgehead atoms. The molecule has 1 fully saturated rings. The molecule has 2 aromatic carbocycles. The highest BCUT2D eigenvalue weighted by molar-refractivity contribution is 7.90. The van der Waals surface area contributed by atoms with Gasteiger partial charge in [-0.05, 0) is 56.0 Å². The van der Waals surface area contributed by atoms with Crippen LogP contribution >= 0.6 is 0 Å². The van der Waals surface area contributed by atoms with Gasteiger partial charge in [-0.25, -0.2) is 8.42 Å². The molecule has 1 aliphatic heterocycles. The zero-order valence-electron chi connectivity index (χ0n) is 26.7. The Bertz CT molecular complexity index is 1700. The minimum absolute atomic E-state index is 0.0844. The van der Waals surface area contributed by atoms with E-state index in [-0.39, 0.29) is 41.2 Å². The minimum Gasteiger partial charge on any atom is -0.495 e. The van der Waals surface area contributed by atoms with E-state index in [1.165, 1.54) is 23.8 Å². The number of sulfone groups is 1. The third-order valence-electron chi connectivity index (χ3n) is 7.72. The Balaban J connectivity index is 1.47. The summed E-state index contributed by atoms with van der Waals surface area (Å²) in [5.41, 5.74) is 1.90. The Morgan fingerprint density at radius 1 is 1.09 bits per heavy atom. The Labute approximate surface area is 268 Å². The largest absolute Gasteiger partial charge is 0.495 e. The molecule has 1 aromatic heterocycles. The van der Waals surface area contributed by atoms with Crippen LogP contribution in [0, 0.1) is 17.8 Å². The number of benzene rings is 2. The Hall–Kier alpha value is -3.89. The quantitative estimate of drug-likeness (QED) is 0.204. The summed E-state index contributed by atoms with van der Waals surface area (Å²) in [5.74, 6) is 5.70. The van der Waals surface area contributed by atoms with Crippen LogP contribution in [0.4, 0.5) is 24.5 Å². The van der Waals surface area contributed by atoms with Crippen LogP contribution in [0.3, 0.4) is 0 Å². The van der Waals surface area contributed by atoms with Crippen molar-refractivity contribution >= 4 is 38.1 Å². The van der Waals surface area contributed by atoms with Crippen LogP contribution in [0.2, 0.25) is 0 Å². The molecule has 0 saturated carbocycles. The fraction of sp³-hybridized carbons (Fsp3) is 0.485. The van der Waals surface area contributed by atoms with E-state index in [0.29, 0.717) is 28.9 Å². The van der Waals surface area contributed by atoms with Crippen LogP contribution in [0.25, 0.3) is 10.9 Å². The van der Waals surface area contributed by atoms with Crippen molar-refractivity contribution in [3.63, 3.8) is 0 Å². The van der Waals surface area contributed by atoms with Crippen LogP contribution in [0.5, 0.6) is 5.75 Å². The summed E-state index contributed by atoms with van der Waals surface area (Å²) in [7, 11) is -2.01. The highest BCUT2D eigenvalue weighted by atomic mass is 32.2. The van der Waals surface area contributed by atoms with Gasteiger partial charge in [0, 0.05) is 49.1 Å². The normalized spacial score (nSPS) is 15.3. The van der Waals surface area contributed by atoms with E-state index >= 15 is 0 Å². The molecule has 2 N–H and O–H groups in total. The minimum atomic E-state index is -4.45. The third kappa shape index (κ3) is 9.33. The molecule has 13 heteroatoms. The maximum absolute atomic E-state index is 13.7. The summed E-state index contributed by atoms with van der Waals surface area (Å²) in [4.78, 5) is 14.3. The van der Waals surface area contributed by atoms with Gasteiger partial charge in [0.2, 0.25) is 0 Å². The van der Waals surface area contributed by atoms with Crippen molar-refractivity contribution in [2.75, 3.05) is 50.2 Å². The summed E-state index contributed by atoms with van der Waals surface area (Å²) in [6, 6.07) is 11.5. The predicted molar refractivity (Wildman–Crippen MR) is 173 cm³/mol. The van der Waals surface area contributed by atoms with E-state index in [1.54, 1.807) is 38.1 Å². The van der Waals surface area contributed by atoms with E-state index in [4.69, 9.17) is 9.47 Å². The van der Waals surface area contributed by atoms with E-state index in [0.717, 1.165) is 37.9 Å². The first-order chi connectivity index (χ1) is 21.6. The second-order valence-corrected chi connectivity index (χ2v) is 13.9. The average Bonchev–Trinajstić information content (AvgIpc) is 3.32. The molecule has 0 unspecified atom stereocenters. The summed E-state index contributed by atoms with van der Waals surface area (Å²) >= 11 is 0. The lowest BCUT2D eigenvalue weighted by atomic mass is 10.0. The molecule has 3 aromatic rings. The molecule has 1 atom stereocenters. The summed E-state index contributed by atoms with van der Waals surface area (Å²) in [6.07, 6.45) is -1.90. The number of halogens is 3. The van der Waals surface area contributed by atoms with Crippen LogP contribution in [-0.4, -0.2) is 81.7 Å². The number of nitrogens with zero attached hydrogens (tertiary/aromatic N) is 2. The fourth-order valence-corrected chi connectivity index (χ4v) is 6.04. The number of hydrogen-bond donors (Lipinski definition) is 2. The number of anilines is 2. The van der Waals surface area contributed by atoms with Crippen LogP contribution < -0.4 is 15.4 Å². The van der Waals surface area contributed by atoms with E-state index in [1.807, 2.05) is 13.0 Å². The van der Waals surface area contributed by atoms with E-state index in [9.17, 15) is 26.4 Å². The van der Waals surface area contributed by atoms with Crippen LogP contribution in [-0.2, 0) is 25.9 Å². The van der Waals surface area contributed by atoms with Gasteiger partial charge in [-0.3, -0.25) is 9.69 Å². The summed E-state index contributed by atoms with van der Waals surface area (Å²) in [5, 5.41) is 7.24. The van der Waals surface area contributed by atoms with Gasteiger partial charge in [-0.15, -0.1) is 0 Å². The molecule has 4 rings (SSSR count). The van der Waals surface area contributed by atoms with Crippen molar-refractivity contribution in [1.29, 1.82) is 0 Å². The molecular weight excluding hydrogens is 621 g/mol. The zero-order valence-corrected chi connectivity index (χ0v) is 27.5. The van der Waals surface area contributed by atoms with E-state index in [2.05, 4.69) is 27.4 Å². The highest BCUT2D eigenvalue weighted by Gasteiger charge is 2.30. The standard InChI is InChI=1S/C33H41F3N4O5S/c1-22(2)32(41)45-23(3)20-39-16-13-24(14-17-39)38-28-9-6-10-30-27(28)18-25(40(30)21-33(34,35)36)8-7-15-37-29-12-11-26(46(5,42)43)19-31(29)44-4/h6,9-12,18-19,22-24,37-38H,13-17,20-21H2,1-5H3/t23-/m1/s1. The number of hydrogen-bond acceptors (Lipinski definition) is 8. The number of carbonyl (C=O) groups is 1.